The Bertz CT molecular complexity index is 1650. The van der Waals surface area contributed by atoms with Gasteiger partial charge in [0.05, 0.1) is 11.4 Å². The Morgan fingerprint density at radius 2 is 1.56 bits per heavy atom. The maximum atomic E-state index is 14.6. The normalized spacial score (nSPS) is 17.6. The van der Waals surface area contributed by atoms with E-state index in [9.17, 15) is 22.4 Å². The largest absolute Gasteiger partial charge is 0.306 e. The van der Waals surface area contributed by atoms with Crippen molar-refractivity contribution in [3.63, 3.8) is 0 Å². The van der Waals surface area contributed by atoms with Crippen molar-refractivity contribution in [1.29, 1.82) is 0 Å². The van der Waals surface area contributed by atoms with E-state index in [0.717, 1.165) is 11.1 Å². The molecule has 0 bridgehead atoms. The standard InChI is InChI=1S/C30H24BrFN2O4S/c1-20-12-15-24(16-13-20)39(37,38)33-28(27(35)22-10-6-3-7-11-22)30(31)25-18-23(32)14-17-26(25)34(29(30)36)19-21-8-4-2-5-9-21/h2-18,28,33H,19H2,1H3/t28-,30-/m1/s1. The molecule has 0 aromatic heterocycles. The zero-order valence-corrected chi connectivity index (χ0v) is 23.2. The van der Waals surface area contributed by atoms with Gasteiger partial charge in [-0.1, -0.05) is 94.3 Å². The van der Waals surface area contributed by atoms with Gasteiger partial charge in [0.25, 0.3) is 5.91 Å². The number of aryl methyl sites for hydroxylation is 1. The summed E-state index contributed by atoms with van der Waals surface area (Å²) >= 11 is 3.49. The number of alkyl halides is 1. The van der Waals surface area contributed by atoms with E-state index in [0.29, 0.717) is 5.69 Å². The highest BCUT2D eigenvalue weighted by molar-refractivity contribution is 9.10. The topological polar surface area (TPSA) is 83.5 Å². The van der Waals surface area contributed by atoms with E-state index < -0.39 is 37.9 Å². The van der Waals surface area contributed by atoms with Crippen LogP contribution in [0.5, 0.6) is 0 Å². The number of sulfonamides is 1. The highest BCUT2D eigenvalue weighted by Crippen LogP contribution is 2.50. The van der Waals surface area contributed by atoms with Gasteiger partial charge in [-0.25, -0.2) is 12.8 Å². The van der Waals surface area contributed by atoms with Crippen molar-refractivity contribution >= 4 is 43.3 Å². The minimum Gasteiger partial charge on any atom is -0.306 e. The Morgan fingerprint density at radius 1 is 0.949 bits per heavy atom. The van der Waals surface area contributed by atoms with Crippen molar-refractivity contribution in [2.24, 2.45) is 0 Å². The molecule has 0 unspecified atom stereocenters. The third-order valence-corrected chi connectivity index (χ3v) is 9.37. The predicted octanol–water partition coefficient (Wildman–Crippen LogP) is 5.50. The number of hydrogen-bond donors (Lipinski definition) is 1. The molecule has 1 N–H and O–H groups in total. The molecule has 1 heterocycles. The Labute approximate surface area is 234 Å². The van der Waals surface area contributed by atoms with Crippen LogP contribution in [-0.2, 0) is 25.7 Å². The molecule has 0 aliphatic carbocycles. The van der Waals surface area contributed by atoms with Crippen LogP contribution in [-0.4, -0.2) is 26.2 Å². The van der Waals surface area contributed by atoms with Crippen molar-refractivity contribution in [2.75, 3.05) is 4.90 Å². The van der Waals surface area contributed by atoms with Gasteiger partial charge in [0.15, 0.2) is 10.1 Å². The number of ketones is 1. The van der Waals surface area contributed by atoms with Crippen molar-refractivity contribution in [2.45, 2.75) is 28.7 Å². The van der Waals surface area contributed by atoms with E-state index in [2.05, 4.69) is 20.7 Å². The number of hydrogen-bond acceptors (Lipinski definition) is 4. The summed E-state index contributed by atoms with van der Waals surface area (Å²) in [4.78, 5) is 29.6. The van der Waals surface area contributed by atoms with E-state index in [1.54, 1.807) is 42.5 Å². The third-order valence-electron chi connectivity index (χ3n) is 6.70. The number of nitrogens with zero attached hydrogens (tertiary/aromatic N) is 1. The summed E-state index contributed by atoms with van der Waals surface area (Å²) in [5, 5.41) is 0. The monoisotopic (exact) mass is 606 g/mol. The quantitative estimate of drug-likeness (QED) is 0.212. The summed E-state index contributed by atoms with van der Waals surface area (Å²) in [6.45, 7) is 1.96. The smallest absolute Gasteiger partial charge is 0.250 e. The number of carbonyl (C=O) groups is 2. The van der Waals surface area contributed by atoms with Crippen molar-refractivity contribution < 1.29 is 22.4 Å². The fourth-order valence-electron chi connectivity index (χ4n) is 4.68. The Balaban J connectivity index is 1.66. The third kappa shape index (κ3) is 5.05. The molecule has 198 valence electrons. The van der Waals surface area contributed by atoms with Crippen LogP contribution < -0.4 is 9.62 Å². The summed E-state index contributed by atoms with van der Waals surface area (Å²) in [5.41, 5.74) is 2.39. The molecule has 1 aliphatic rings. The van der Waals surface area contributed by atoms with Crippen LogP contribution in [0.25, 0.3) is 0 Å². The van der Waals surface area contributed by atoms with Crippen LogP contribution >= 0.6 is 15.9 Å². The summed E-state index contributed by atoms with van der Waals surface area (Å²) < 4.78 is 42.3. The lowest BCUT2D eigenvalue weighted by molar-refractivity contribution is -0.120. The molecule has 0 radical (unpaired) electrons. The molecule has 9 heteroatoms. The second-order valence-electron chi connectivity index (χ2n) is 9.35. The second kappa shape index (κ2) is 10.5. The van der Waals surface area contributed by atoms with Crippen LogP contribution in [0.4, 0.5) is 10.1 Å². The predicted molar refractivity (Wildman–Crippen MR) is 151 cm³/mol. The van der Waals surface area contributed by atoms with E-state index in [1.165, 1.54) is 35.2 Å². The molecule has 0 saturated heterocycles. The zero-order chi connectivity index (χ0) is 27.8. The number of nitrogens with one attached hydrogen (secondary N) is 1. The first kappa shape index (κ1) is 26.9. The molecule has 1 aliphatic heterocycles. The van der Waals surface area contributed by atoms with Gasteiger partial charge < -0.3 is 4.90 Å². The van der Waals surface area contributed by atoms with Crippen molar-refractivity contribution in [3.05, 3.63) is 131 Å². The molecule has 1 amide bonds. The SMILES string of the molecule is Cc1ccc(S(=O)(=O)N[C@H](C(=O)c2ccccc2)[C@@]2(Br)C(=O)N(Cc3ccccc3)c3ccc(F)cc32)cc1. The first-order valence-electron chi connectivity index (χ1n) is 12.1. The number of rotatable bonds is 8. The lowest BCUT2D eigenvalue weighted by Gasteiger charge is -2.31. The van der Waals surface area contributed by atoms with Crippen LogP contribution in [0.2, 0.25) is 0 Å². The van der Waals surface area contributed by atoms with Crippen LogP contribution in [0.1, 0.15) is 27.0 Å². The van der Waals surface area contributed by atoms with E-state index >= 15 is 0 Å². The molecule has 6 nitrogen and oxygen atoms in total. The molecular weight excluding hydrogens is 583 g/mol. The Kier molecular flexibility index (Phi) is 7.24. The zero-order valence-electron chi connectivity index (χ0n) is 20.8. The Morgan fingerprint density at radius 3 is 2.21 bits per heavy atom. The fraction of sp³-hybridized carbons (Fsp3) is 0.133. The van der Waals surface area contributed by atoms with Crippen LogP contribution in [0, 0.1) is 12.7 Å². The summed E-state index contributed by atoms with van der Waals surface area (Å²) in [5.74, 6) is -1.86. The minimum atomic E-state index is -4.28. The van der Waals surface area contributed by atoms with Gasteiger partial charge >= 0.3 is 0 Å². The van der Waals surface area contributed by atoms with Gasteiger partial charge in [0.2, 0.25) is 10.0 Å². The molecule has 0 fully saturated rings. The van der Waals surface area contributed by atoms with Gasteiger partial charge in [-0.3, -0.25) is 9.59 Å². The summed E-state index contributed by atoms with van der Waals surface area (Å²) in [7, 11) is -4.28. The van der Waals surface area contributed by atoms with Crippen molar-refractivity contribution in [3.8, 4) is 0 Å². The highest BCUT2D eigenvalue weighted by atomic mass is 79.9. The lowest BCUT2D eigenvalue weighted by atomic mass is 9.88. The number of benzene rings is 4. The first-order chi connectivity index (χ1) is 18.6. The molecule has 4 aromatic rings. The van der Waals surface area contributed by atoms with Crippen molar-refractivity contribution in [1.82, 2.24) is 4.72 Å². The number of fused-ring (bicyclic) bond motifs is 1. The molecule has 0 spiro atoms. The van der Waals surface area contributed by atoms with E-state index in [4.69, 9.17) is 0 Å². The van der Waals surface area contributed by atoms with E-state index in [-0.39, 0.29) is 22.6 Å². The van der Waals surface area contributed by atoms with Gasteiger partial charge in [-0.2, -0.15) is 4.72 Å². The average molecular weight is 608 g/mol. The summed E-state index contributed by atoms with van der Waals surface area (Å²) in [6, 6.07) is 25.6. The van der Waals surface area contributed by atoms with Gasteiger partial charge in [-0.15, -0.1) is 0 Å². The number of amides is 1. The molecule has 4 aromatic carbocycles. The molecule has 5 rings (SSSR count). The van der Waals surface area contributed by atoms with Gasteiger partial charge in [0.1, 0.15) is 11.9 Å². The average Bonchev–Trinajstić information content (AvgIpc) is 3.14. The number of Topliss-reactive ketones (excluding diaryl/α,β-unsaturated/α-hetero) is 1. The van der Waals surface area contributed by atoms with Crippen LogP contribution in [0.15, 0.2) is 108 Å². The van der Waals surface area contributed by atoms with Gasteiger partial charge in [-0.05, 0) is 42.8 Å². The molecule has 2 atom stereocenters. The maximum Gasteiger partial charge on any atom is 0.250 e. The fourth-order valence-corrected chi connectivity index (χ4v) is 6.91. The molecule has 0 saturated carbocycles. The number of carbonyl (C=O) groups excluding carboxylic acids is 2. The Hall–Kier alpha value is -3.66. The van der Waals surface area contributed by atoms with Crippen LogP contribution in [0.3, 0.4) is 0 Å². The second-order valence-corrected chi connectivity index (χ2v) is 12.3. The summed E-state index contributed by atoms with van der Waals surface area (Å²) in [6.07, 6.45) is 0. The highest BCUT2D eigenvalue weighted by Gasteiger charge is 2.58. The minimum absolute atomic E-state index is 0.0684. The number of anilines is 1. The molecular formula is C30H24BrFN2O4S. The lowest BCUT2D eigenvalue weighted by Crippen LogP contribution is -2.56. The van der Waals surface area contributed by atoms with Gasteiger partial charge in [0, 0.05) is 16.8 Å². The first-order valence-corrected chi connectivity index (χ1v) is 14.4. The number of halogens is 2. The van der Waals surface area contributed by atoms with E-state index in [1.807, 2.05) is 37.3 Å². The molecule has 39 heavy (non-hydrogen) atoms. The maximum absolute atomic E-state index is 14.6.